The Morgan fingerprint density at radius 1 is 1.18 bits per heavy atom. The molecule has 0 spiro atoms. The fourth-order valence-electron chi connectivity index (χ4n) is 3.10. The lowest BCUT2D eigenvalue weighted by atomic mass is 10.0. The number of hydrogen-bond acceptors (Lipinski definition) is 2. The molecule has 3 heteroatoms. The third kappa shape index (κ3) is 3.41. The Morgan fingerprint density at radius 3 is 2.77 bits per heavy atom. The Hall–Kier alpha value is -1.61. The van der Waals surface area contributed by atoms with E-state index in [-0.39, 0.29) is 5.91 Å². The molecule has 1 unspecified atom stereocenters. The summed E-state index contributed by atoms with van der Waals surface area (Å²) in [5.74, 6) is 0.435. The maximum atomic E-state index is 12.5. The van der Waals surface area contributed by atoms with Gasteiger partial charge in [0.1, 0.15) is 0 Å². The first kappa shape index (κ1) is 15.3. The Balaban J connectivity index is 1.64. The van der Waals surface area contributed by atoms with Crippen molar-refractivity contribution >= 4 is 17.2 Å². The average Bonchev–Trinajstić information content (AvgIpc) is 2.82. The van der Waals surface area contributed by atoms with Crippen molar-refractivity contribution in [3.8, 4) is 0 Å². The zero-order valence-electron chi connectivity index (χ0n) is 13.1. The quantitative estimate of drug-likeness (QED) is 0.824. The van der Waals surface area contributed by atoms with E-state index < -0.39 is 0 Å². The third-order valence-electron chi connectivity index (χ3n) is 4.49. The number of hydrogen-bond donors (Lipinski definition) is 1. The summed E-state index contributed by atoms with van der Waals surface area (Å²) >= 11 is 1.76. The molecule has 1 aliphatic carbocycles. The smallest absolute Gasteiger partial charge is 0.252 e. The van der Waals surface area contributed by atoms with Crippen LogP contribution in [0.3, 0.4) is 0 Å². The van der Waals surface area contributed by atoms with E-state index in [1.807, 2.05) is 18.2 Å². The van der Waals surface area contributed by atoms with E-state index in [1.165, 1.54) is 35.3 Å². The molecule has 1 aliphatic rings. The van der Waals surface area contributed by atoms with E-state index in [1.54, 1.807) is 11.3 Å². The van der Waals surface area contributed by atoms with Gasteiger partial charge in [0.25, 0.3) is 5.91 Å². The Labute approximate surface area is 136 Å². The topological polar surface area (TPSA) is 29.1 Å². The monoisotopic (exact) mass is 313 g/mol. The first-order valence-corrected chi connectivity index (χ1v) is 9.06. The molecule has 0 radical (unpaired) electrons. The van der Waals surface area contributed by atoms with Gasteiger partial charge in [0.05, 0.1) is 5.56 Å². The third-order valence-corrected chi connectivity index (χ3v) is 5.58. The Kier molecular flexibility index (Phi) is 4.94. The van der Waals surface area contributed by atoms with Crippen LogP contribution in [0, 0.1) is 0 Å². The van der Waals surface area contributed by atoms with Gasteiger partial charge in [-0.05, 0) is 42.7 Å². The number of thiophene rings is 1. The molecule has 2 aromatic rings. The van der Waals surface area contributed by atoms with Crippen molar-refractivity contribution in [3.05, 3.63) is 57.3 Å². The highest BCUT2D eigenvalue weighted by molar-refractivity contribution is 7.10. The summed E-state index contributed by atoms with van der Waals surface area (Å²) in [5, 5.41) is 5.18. The van der Waals surface area contributed by atoms with Crippen molar-refractivity contribution in [2.45, 2.75) is 44.9 Å². The molecule has 1 aromatic carbocycles. The number of fused-ring (bicyclic) bond motifs is 1. The zero-order valence-corrected chi connectivity index (χ0v) is 13.9. The molecule has 0 aliphatic heterocycles. The number of carbonyl (C=O) groups is 1. The van der Waals surface area contributed by atoms with E-state index in [2.05, 4.69) is 29.8 Å². The van der Waals surface area contributed by atoms with Crippen LogP contribution < -0.4 is 5.32 Å². The van der Waals surface area contributed by atoms with Crippen LogP contribution in [0.5, 0.6) is 0 Å². The fourth-order valence-corrected chi connectivity index (χ4v) is 4.23. The van der Waals surface area contributed by atoms with E-state index in [0.717, 1.165) is 18.4 Å². The van der Waals surface area contributed by atoms with Crippen molar-refractivity contribution in [2.75, 3.05) is 6.54 Å². The summed E-state index contributed by atoms with van der Waals surface area (Å²) in [7, 11) is 0. The minimum Gasteiger partial charge on any atom is -0.351 e. The van der Waals surface area contributed by atoms with Crippen LogP contribution >= 0.6 is 11.3 Å². The normalized spacial score (nSPS) is 15.7. The van der Waals surface area contributed by atoms with Crippen LogP contribution in [0.25, 0.3) is 0 Å². The van der Waals surface area contributed by atoms with Crippen LogP contribution in [0.1, 0.15) is 58.5 Å². The van der Waals surface area contributed by atoms with Gasteiger partial charge in [0.2, 0.25) is 0 Å². The summed E-state index contributed by atoms with van der Waals surface area (Å²) < 4.78 is 0. The lowest BCUT2D eigenvalue weighted by Crippen LogP contribution is -2.28. The molecular weight excluding hydrogens is 290 g/mol. The number of amides is 1. The van der Waals surface area contributed by atoms with Gasteiger partial charge in [-0.25, -0.2) is 0 Å². The van der Waals surface area contributed by atoms with Gasteiger partial charge in [-0.15, -0.1) is 11.3 Å². The van der Waals surface area contributed by atoms with Gasteiger partial charge in [-0.3, -0.25) is 4.79 Å². The maximum absolute atomic E-state index is 12.5. The molecule has 1 heterocycles. The van der Waals surface area contributed by atoms with Crippen LogP contribution in [0.15, 0.2) is 35.7 Å². The number of aryl methyl sites for hydroxylation is 1. The van der Waals surface area contributed by atoms with Crippen molar-refractivity contribution in [2.24, 2.45) is 0 Å². The average molecular weight is 313 g/mol. The highest BCUT2D eigenvalue weighted by Crippen LogP contribution is 2.29. The summed E-state index contributed by atoms with van der Waals surface area (Å²) in [5.41, 5.74) is 3.50. The molecule has 1 amide bonds. The molecular formula is C19H23NOS. The Bertz CT molecular complexity index is 632. The number of benzene rings is 1. The van der Waals surface area contributed by atoms with Gasteiger partial charge in [-0.1, -0.05) is 43.7 Å². The molecule has 0 saturated carbocycles. The summed E-state index contributed by atoms with van der Waals surface area (Å²) in [6.45, 7) is 2.84. The van der Waals surface area contributed by atoms with E-state index in [0.29, 0.717) is 12.5 Å². The molecule has 22 heavy (non-hydrogen) atoms. The maximum Gasteiger partial charge on any atom is 0.252 e. The van der Waals surface area contributed by atoms with E-state index in [9.17, 15) is 4.79 Å². The highest BCUT2D eigenvalue weighted by Gasteiger charge is 2.19. The molecule has 3 rings (SSSR count). The van der Waals surface area contributed by atoms with Crippen LogP contribution in [0.4, 0.5) is 0 Å². The largest absolute Gasteiger partial charge is 0.351 e. The Morgan fingerprint density at radius 2 is 1.95 bits per heavy atom. The van der Waals surface area contributed by atoms with Gasteiger partial charge in [0.15, 0.2) is 0 Å². The molecule has 0 bridgehead atoms. The highest BCUT2D eigenvalue weighted by atomic mass is 32.1. The second-order valence-corrected chi connectivity index (χ2v) is 7.10. The minimum absolute atomic E-state index is 0.0992. The van der Waals surface area contributed by atoms with Crippen molar-refractivity contribution in [3.63, 3.8) is 0 Å². The number of rotatable bonds is 4. The number of carbonyl (C=O) groups excluding carboxylic acids is 1. The first-order valence-electron chi connectivity index (χ1n) is 8.18. The summed E-state index contributed by atoms with van der Waals surface area (Å²) in [6.07, 6.45) is 5.97. The van der Waals surface area contributed by atoms with Crippen molar-refractivity contribution in [1.29, 1.82) is 0 Å². The zero-order chi connectivity index (χ0) is 15.4. The minimum atomic E-state index is 0.0992. The molecule has 0 fully saturated rings. The summed E-state index contributed by atoms with van der Waals surface area (Å²) in [6, 6.07) is 10.4. The first-order chi connectivity index (χ1) is 10.8. The van der Waals surface area contributed by atoms with Crippen LogP contribution in [-0.4, -0.2) is 12.5 Å². The SMILES string of the molecule is CC(CNC(=O)c1csc2c1CCCCC2)c1ccccc1. The lowest BCUT2D eigenvalue weighted by Gasteiger charge is -2.13. The van der Waals surface area contributed by atoms with Crippen LogP contribution in [-0.2, 0) is 12.8 Å². The van der Waals surface area contributed by atoms with E-state index >= 15 is 0 Å². The standard InChI is InChI=1S/C19H23NOS/c1-14(15-8-4-2-5-9-15)12-20-19(21)17-13-22-18-11-7-3-6-10-16(17)18/h2,4-5,8-9,13-14H,3,6-7,10-12H2,1H3,(H,20,21). The summed E-state index contributed by atoms with van der Waals surface area (Å²) in [4.78, 5) is 14.0. The van der Waals surface area contributed by atoms with Crippen LogP contribution in [0.2, 0.25) is 0 Å². The second-order valence-electron chi connectivity index (χ2n) is 6.13. The fraction of sp³-hybridized carbons (Fsp3) is 0.421. The number of nitrogens with one attached hydrogen (secondary N) is 1. The molecule has 1 N–H and O–H groups in total. The van der Waals surface area contributed by atoms with Gasteiger partial charge in [-0.2, -0.15) is 0 Å². The molecule has 2 nitrogen and oxygen atoms in total. The van der Waals surface area contributed by atoms with E-state index in [4.69, 9.17) is 0 Å². The molecule has 116 valence electrons. The molecule has 1 atom stereocenters. The molecule has 1 aromatic heterocycles. The molecule has 0 saturated heterocycles. The predicted octanol–water partition coefficient (Wildman–Crippen LogP) is 4.55. The predicted molar refractivity (Wildman–Crippen MR) is 92.8 cm³/mol. The second kappa shape index (κ2) is 7.10. The van der Waals surface area contributed by atoms with Gasteiger partial charge >= 0.3 is 0 Å². The van der Waals surface area contributed by atoms with Gasteiger partial charge in [0, 0.05) is 16.8 Å². The van der Waals surface area contributed by atoms with Crippen molar-refractivity contribution in [1.82, 2.24) is 5.32 Å². The lowest BCUT2D eigenvalue weighted by molar-refractivity contribution is 0.0951. The van der Waals surface area contributed by atoms with Gasteiger partial charge < -0.3 is 5.32 Å². The van der Waals surface area contributed by atoms with Crippen molar-refractivity contribution < 1.29 is 4.79 Å².